The third-order valence-electron chi connectivity index (χ3n) is 1.10. The predicted octanol–water partition coefficient (Wildman–Crippen LogP) is 1.07. The number of hydrogen-bond donors (Lipinski definition) is 3. The summed E-state index contributed by atoms with van der Waals surface area (Å²) in [5.41, 5.74) is 9.94. The molecule has 0 heterocycles. The Bertz CT molecular complexity index is 217. The highest BCUT2D eigenvalue weighted by molar-refractivity contribution is 5.91. The van der Waals surface area contributed by atoms with Gasteiger partial charge in [-0.25, -0.2) is 0 Å². The molecular formula is C9H20ClN3O2. The second kappa shape index (κ2) is 15.2. The molecule has 90 valence electrons. The lowest BCUT2D eigenvalue weighted by Crippen LogP contribution is -2.12. The van der Waals surface area contributed by atoms with Crippen molar-refractivity contribution in [1.82, 2.24) is 6.15 Å². The quantitative estimate of drug-likeness (QED) is 0.634. The molecule has 0 aliphatic carbocycles. The smallest absolute Gasteiger partial charge is 0.244 e. The first-order chi connectivity index (χ1) is 5.95. The van der Waals surface area contributed by atoms with Crippen molar-refractivity contribution < 1.29 is 9.59 Å². The summed E-state index contributed by atoms with van der Waals surface area (Å²) in [6.45, 7) is 8.54. The van der Waals surface area contributed by atoms with Crippen molar-refractivity contribution in [2.75, 3.05) is 0 Å². The van der Waals surface area contributed by atoms with Gasteiger partial charge in [0.05, 0.1) is 0 Å². The average molecular weight is 238 g/mol. The first kappa shape index (κ1) is 23.5. The Morgan fingerprint density at radius 2 is 1.67 bits per heavy atom. The monoisotopic (exact) mass is 237 g/mol. The molecule has 0 aromatic carbocycles. The van der Waals surface area contributed by atoms with Crippen LogP contribution in [0.15, 0.2) is 24.8 Å². The summed E-state index contributed by atoms with van der Waals surface area (Å²) in [5.74, 6) is -0.864. The molecule has 0 radical (unpaired) electrons. The van der Waals surface area contributed by atoms with Crippen LogP contribution in [0, 0.1) is 0 Å². The van der Waals surface area contributed by atoms with Crippen LogP contribution in [0.4, 0.5) is 0 Å². The van der Waals surface area contributed by atoms with Gasteiger partial charge in [-0.05, 0) is 12.5 Å². The molecule has 0 aliphatic rings. The van der Waals surface area contributed by atoms with Gasteiger partial charge in [-0.2, -0.15) is 0 Å². The summed E-state index contributed by atoms with van der Waals surface area (Å²) in [5, 5.41) is 0. The molecule has 0 fully saturated rings. The molecule has 0 aromatic heterocycles. The van der Waals surface area contributed by atoms with Crippen LogP contribution in [0.3, 0.4) is 0 Å². The van der Waals surface area contributed by atoms with Crippen LogP contribution in [-0.2, 0) is 9.59 Å². The van der Waals surface area contributed by atoms with E-state index < -0.39 is 5.91 Å². The minimum atomic E-state index is -0.481. The van der Waals surface area contributed by atoms with Crippen molar-refractivity contribution in [2.24, 2.45) is 11.5 Å². The van der Waals surface area contributed by atoms with Gasteiger partial charge in [0.25, 0.3) is 0 Å². The lowest BCUT2D eigenvalue weighted by molar-refractivity contribution is -0.115. The van der Waals surface area contributed by atoms with E-state index in [1.54, 1.807) is 0 Å². The molecule has 2 amide bonds. The Labute approximate surface area is 96.6 Å². The molecule has 0 aliphatic heterocycles. The Morgan fingerprint density at radius 1 is 1.33 bits per heavy atom. The van der Waals surface area contributed by atoms with E-state index in [2.05, 4.69) is 18.9 Å². The van der Waals surface area contributed by atoms with E-state index >= 15 is 0 Å². The van der Waals surface area contributed by atoms with Crippen molar-refractivity contribution in [3.05, 3.63) is 24.8 Å². The van der Waals surface area contributed by atoms with Crippen LogP contribution in [0.2, 0.25) is 0 Å². The molecule has 0 bridgehead atoms. The first-order valence-corrected chi connectivity index (χ1v) is 3.85. The van der Waals surface area contributed by atoms with Gasteiger partial charge in [0.15, 0.2) is 0 Å². The fourth-order valence-electron chi connectivity index (χ4n) is 0.425. The minimum Gasteiger partial charge on any atom is -0.366 e. The van der Waals surface area contributed by atoms with Gasteiger partial charge < -0.3 is 17.6 Å². The second-order valence-corrected chi connectivity index (χ2v) is 2.32. The van der Waals surface area contributed by atoms with E-state index in [9.17, 15) is 9.59 Å². The lowest BCUT2D eigenvalue weighted by Gasteiger charge is -1.93. The molecule has 0 saturated heterocycles. The molecule has 0 atom stereocenters. The normalized spacial score (nSPS) is 6.73. The second-order valence-electron chi connectivity index (χ2n) is 2.32. The maximum Gasteiger partial charge on any atom is 0.244 e. The zero-order valence-electron chi connectivity index (χ0n) is 8.99. The number of halogens is 1. The minimum absolute atomic E-state index is 0. The Kier molecular flexibility index (Phi) is 23.7. The summed E-state index contributed by atoms with van der Waals surface area (Å²) >= 11 is 0. The Hall–Kier alpha value is -1.33. The van der Waals surface area contributed by atoms with Gasteiger partial charge in [0.2, 0.25) is 11.8 Å². The molecule has 0 spiro atoms. The Balaban J connectivity index is -0.0000000770. The average Bonchev–Trinajstić information content (AvgIpc) is 2.06. The van der Waals surface area contributed by atoms with Crippen LogP contribution >= 0.6 is 12.4 Å². The number of rotatable bonds is 4. The van der Waals surface area contributed by atoms with E-state index in [1.165, 1.54) is 0 Å². The number of nitrogens with two attached hydrogens (primary N) is 2. The van der Waals surface area contributed by atoms with Crippen LogP contribution in [0.25, 0.3) is 0 Å². The summed E-state index contributed by atoms with van der Waals surface area (Å²) in [7, 11) is 0. The van der Waals surface area contributed by atoms with Gasteiger partial charge in [0, 0.05) is 5.57 Å². The molecule has 6 heteroatoms. The van der Waals surface area contributed by atoms with Crippen LogP contribution < -0.4 is 17.6 Å². The Morgan fingerprint density at radius 3 is 1.73 bits per heavy atom. The highest BCUT2D eigenvalue weighted by atomic mass is 35.5. The third kappa shape index (κ3) is 24.5. The lowest BCUT2D eigenvalue weighted by atomic mass is 10.2. The van der Waals surface area contributed by atoms with Crippen LogP contribution in [-0.4, -0.2) is 11.8 Å². The van der Waals surface area contributed by atoms with E-state index in [0.717, 1.165) is 18.9 Å². The molecule has 0 saturated carbocycles. The summed E-state index contributed by atoms with van der Waals surface area (Å²) in [6.07, 6.45) is 2.71. The molecule has 7 N–H and O–H groups in total. The standard InChI is InChI=1S/C6H11NO.C3H5NO.ClH.H3N/c1-3-4-5(2)6(7)8;1-2-3(4)5;;/h2-4H2,1H3,(H2,7,8);2H,1H2,(H2,4,5);1H;1H3. The van der Waals surface area contributed by atoms with Crippen molar-refractivity contribution in [2.45, 2.75) is 19.8 Å². The van der Waals surface area contributed by atoms with Crippen LogP contribution in [0.5, 0.6) is 0 Å². The van der Waals surface area contributed by atoms with Crippen molar-refractivity contribution in [3.63, 3.8) is 0 Å². The van der Waals surface area contributed by atoms with Gasteiger partial charge in [-0.1, -0.05) is 26.5 Å². The number of amides is 2. The predicted molar refractivity (Wildman–Crippen MR) is 64.9 cm³/mol. The zero-order valence-corrected chi connectivity index (χ0v) is 9.81. The van der Waals surface area contributed by atoms with E-state index in [0.29, 0.717) is 5.57 Å². The number of hydrogen-bond acceptors (Lipinski definition) is 3. The van der Waals surface area contributed by atoms with Gasteiger partial charge in [-0.3, -0.25) is 9.59 Å². The largest absolute Gasteiger partial charge is 0.366 e. The SMILES string of the molecule is C=C(CCC)C(N)=O.C=CC(N)=O.Cl.N. The van der Waals surface area contributed by atoms with E-state index in [1.807, 2.05) is 6.92 Å². The topological polar surface area (TPSA) is 121 Å². The van der Waals surface area contributed by atoms with E-state index in [-0.39, 0.29) is 24.5 Å². The van der Waals surface area contributed by atoms with Gasteiger partial charge in [0.1, 0.15) is 0 Å². The highest BCUT2D eigenvalue weighted by Crippen LogP contribution is 1.98. The molecule has 5 nitrogen and oxygen atoms in total. The third-order valence-corrected chi connectivity index (χ3v) is 1.10. The van der Waals surface area contributed by atoms with Crippen molar-refractivity contribution in [1.29, 1.82) is 0 Å². The first-order valence-electron chi connectivity index (χ1n) is 3.85. The maximum absolute atomic E-state index is 10.2. The zero-order chi connectivity index (χ0) is 10.9. The summed E-state index contributed by atoms with van der Waals surface area (Å²) < 4.78 is 0. The number of carbonyl (C=O) groups is 2. The molecule has 0 aromatic rings. The summed E-state index contributed by atoms with van der Waals surface area (Å²) in [4.78, 5) is 19.7. The fourth-order valence-corrected chi connectivity index (χ4v) is 0.425. The van der Waals surface area contributed by atoms with E-state index in [4.69, 9.17) is 5.73 Å². The van der Waals surface area contributed by atoms with Gasteiger partial charge >= 0.3 is 0 Å². The maximum atomic E-state index is 10.2. The molecule has 0 unspecified atom stereocenters. The summed E-state index contributed by atoms with van der Waals surface area (Å²) in [6, 6.07) is 0. The van der Waals surface area contributed by atoms with Crippen LogP contribution in [0.1, 0.15) is 19.8 Å². The highest BCUT2D eigenvalue weighted by Gasteiger charge is 1.96. The molecular weight excluding hydrogens is 218 g/mol. The van der Waals surface area contributed by atoms with Crippen molar-refractivity contribution in [3.8, 4) is 0 Å². The number of carbonyl (C=O) groups excluding carboxylic acids is 2. The van der Waals surface area contributed by atoms with Gasteiger partial charge in [-0.15, -0.1) is 12.4 Å². The number of primary amides is 2. The molecule has 15 heavy (non-hydrogen) atoms. The molecule has 0 rings (SSSR count). The van der Waals surface area contributed by atoms with Crippen molar-refractivity contribution >= 4 is 24.2 Å². The fraction of sp³-hybridized carbons (Fsp3) is 0.333.